The number of carbonyl (C=O) groups is 1. The average molecular weight is 357 g/mol. The standard InChI is InChI=1S/C15H21BrN2O3/c1-15(2)9-17(7-12(8-19)21-15)14(20)13-5-10(16)6-18(13)11-3-4-11/h5-6,11-12,19H,3-4,7-9H2,1-2H3. The zero-order valence-corrected chi connectivity index (χ0v) is 14.0. The molecule has 5 nitrogen and oxygen atoms in total. The van der Waals surface area contributed by atoms with Crippen LogP contribution in [0.1, 0.15) is 43.2 Å². The monoisotopic (exact) mass is 356 g/mol. The SMILES string of the molecule is CC1(C)CN(C(=O)c2cc(Br)cn2C2CC2)CC(CO)O1. The molecule has 1 aliphatic heterocycles. The van der Waals surface area contributed by atoms with Crippen LogP contribution in [0.15, 0.2) is 16.7 Å². The summed E-state index contributed by atoms with van der Waals surface area (Å²) in [5, 5.41) is 9.37. The Labute approximate surface area is 133 Å². The summed E-state index contributed by atoms with van der Waals surface area (Å²) in [6.07, 6.45) is 3.94. The quantitative estimate of drug-likeness (QED) is 0.903. The van der Waals surface area contributed by atoms with Crippen LogP contribution in [0.25, 0.3) is 0 Å². The van der Waals surface area contributed by atoms with Crippen molar-refractivity contribution in [3.63, 3.8) is 0 Å². The lowest BCUT2D eigenvalue weighted by Gasteiger charge is -2.42. The van der Waals surface area contributed by atoms with E-state index in [4.69, 9.17) is 4.74 Å². The van der Waals surface area contributed by atoms with Crippen LogP contribution >= 0.6 is 15.9 Å². The van der Waals surface area contributed by atoms with Crippen molar-refractivity contribution in [1.82, 2.24) is 9.47 Å². The molecule has 1 saturated heterocycles. The van der Waals surface area contributed by atoms with Gasteiger partial charge in [-0.3, -0.25) is 4.79 Å². The Morgan fingerprint density at radius 1 is 1.52 bits per heavy atom. The van der Waals surface area contributed by atoms with Gasteiger partial charge in [-0.25, -0.2) is 0 Å². The Bertz CT molecular complexity index is 551. The molecule has 2 fully saturated rings. The zero-order valence-electron chi connectivity index (χ0n) is 12.4. The van der Waals surface area contributed by atoms with E-state index in [-0.39, 0.29) is 18.6 Å². The molecule has 6 heteroatoms. The van der Waals surface area contributed by atoms with Crippen molar-refractivity contribution >= 4 is 21.8 Å². The first-order valence-corrected chi connectivity index (χ1v) is 8.14. The van der Waals surface area contributed by atoms with E-state index < -0.39 is 5.60 Å². The molecule has 1 aromatic rings. The molecule has 1 unspecified atom stereocenters. The molecule has 1 aromatic heterocycles. The van der Waals surface area contributed by atoms with E-state index in [9.17, 15) is 9.90 Å². The van der Waals surface area contributed by atoms with Crippen LogP contribution in [0.4, 0.5) is 0 Å². The number of aliphatic hydroxyl groups is 1. The number of amides is 1. The normalized spacial score (nSPS) is 25.1. The maximum Gasteiger partial charge on any atom is 0.270 e. The number of hydrogen-bond donors (Lipinski definition) is 1. The maximum atomic E-state index is 12.9. The highest BCUT2D eigenvalue weighted by Crippen LogP contribution is 2.38. The third-order valence-corrected chi connectivity index (χ3v) is 4.38. The second-order valence-electron chi connectivity index (χ2n) is 6.55. The summed E-state index contributed by atoms with van der Waals surface area (Å²) < 4.78 is 8.78. The van der Waals surface area contributed by atoms with Crippen LogP contribution < -0.4 is 0 Å². The number of halogens is 1. The zero-order chi connectivity index (χ0) is 15.2. The van der Waals surface area contributed by atoms with Crippen LogP contribution in [0.2, 0.25) is 0 Å². The molecule has 0 aromatic carbocycles. The van der Waals surface area contributed by atoms with Gasteiger partial charge in [0.25, 0.3) is 5.91 Å². The van der Waals surface area contributed by atoms with Crippen molar-refractivity contribution < 1.29 is 14.6 Å². The second kappa shape index (κ2) is 5.41. The Morgan fingerprint density at radius 3 is 2.86 bits per heavy atom. The smallest absolute Gasteiger partial charge is 0.270 e. The van der Waals surface area contributed by atoms with Gasteiger partial charge in [-0.15, -0.1) is 0 Å². The van der Waals surface area contributed by atoms with E-state index in [0.717, 1.165) is 23.0 Å². The van der Waals surface area contributed by atoms with Crippen LogP contribution in [-0.4, -0.2) is 51.9 Å². The number of aliphatic hydroxyl groups excluding tert-OH is 1. The third-order valence-electron chi connectivity index (χ3n) is 3.95. The minimum absolute atomic E-state index is 0.0161. The first kappa shape index (κ1) is 15.1. The number of rotatable bonds is 3. The van der Waals surface area contributed by atoms with Gasteiger partial charge in [0.2, 0.25) is 0 Å². The topological polar surface area (TPSA) is 54.7 Å². The Balaban J connectivity index is 1.84. The molecular weight excluding hydrogens is 336 g/mol. The van der Waals surface area contributed by atoms with Crippen LogP contribution in [0.5, 0.6) is 0 Å². The molecule has 0 spiro atoms. The first-order chi connectivity index (χ1) is 9.89. The lowest BCUT2D eigenvalue weighted by molar-refractivity contribution is -0.139. The number of carbonyl (C=O) groups excluding carboxylic acids is 1. The van der Waals surface area contributed by atoms with Gasteiger partial charge >= 0.3 is 0 Å². The van der Waals surface area contributed by atoms with Gasteiger partial charge in [0.15, 0.2) is 0 Å². The highest BCUT2D eigenvalue weighted by atomic mass is 79.9. The summed E-state index contributed by atoms with van der Waals surface area (Å²) in [4.78, 5) is 14.7. The maximum absolute atomic E-state index is 12.9. The first-order valence-electron chi connectivity index (χ1n) is 7.35. The minimum atomic E-state index is -0.435. The number of aromatic nitrogens is 1. The fourth-order valence-corrected chi connectivity index (χ4v) is 3.42. The molecule has 0 bridgehead atoms. The lowest BCUT2D eigenvalue weighted by atomic mass is 10.0. The van der Waals surface area contributed by atoms with E-state index >= 15 is 0 Å². The molecule has 0 radical (unpaired) electrons. The van der Waals surface area contributed by atoms with Crippen molar-refractivity contribution in [1.29, 1.82) is 0 Å². The highest BCUT2D eigenvalue weighted by molar-refractivity contribution is 9.10. The van der Waals surface area contributed by atoms with Crippen molar-refractivity contribution in [2.45, 2.75) is 44.4 Å². The highest BCUT2D eigenvalue weighted by Gasteiger charge is 2.37. The average Bonchev–Trinajstić information content (AvgIpc) is 3.19. The minimum Gasteiger partial charge on any atom is -0.394 e. The number of morpholine rings is 1. The number of nitrogens with zero attached hydrogens (tertiary/aromatic N) is 2. The van der Waals surface area contributed by atoms with Crippen LogP contribution in [0, 0.1) is 0 Å². The molecule has 1 saturated carbocycles. The van der Waals surface area contributed by atoms with Gasteiger partial charge in [0.05, 0.1) is 18.3 Å². The molecule has 1 aliphatic carbocycles. The van der Waals surface area contributed by atoms with Crippen LogP contribution in [0.3, 0.4) is 0 Å². The van der Waals surface area contributed by atoms with Gasteiger partial charge in [-0.1, -0.05) is 0 Å². The van der Waals surface area contributed by atoms with Crippen molar-refractivity contribution in [2.24, 2.45) is 0 Å². The molecule has 1 N–H and O–H groups in total. The molecule has 3 rings (SSSR count). The largest absolute Gasteiger partial charge is 0.394 e. The van der Waals surface area contributed by atoms with E-state index in [1.165, 1.54) is 0 Å². The van der Waals surface area contributed by atoms with Gasteiger partial charge in [0.1, 0.15) is 5.69 Å². The molecule has 1 amide bonds. The van der Waals surface area contributed by atoms with Crippen molar-refractivity contribution in [2.75, 3.05) is 19.7 Å². The van der Waals surface area contributed by atoms with E-state index in [2.05, 4.69) is 20.5 Å². The molecular formula is C15H21BrN2O3. The molecule has 2 aliphatic rings. The van der Waals surface area contributed by atoms with Gasteiger partial charge in [0, 0.05) is 29.8 Å². The summed E-state index contributed by atoms with van der Waals surface area (Å²) in [6.45, 7) is 4.80. The Hall–Kier alpha value is -0.850. The van der Waals surface area contributed by atoms with Gasteiger partial charge in [-0.2, -0.15) is 0 Å². The van der Waals surface area contributed by atoms with E-state index in [1.807, 2.05) is 26.1 Å². The molecule has 1 atom stereocenters. The van der Waals surface area contributed by atoms with E-state index in [0.29, 0.717) is 19.1 Å². The predicted octanol–water partition coefficient (Wildman–Crippen LogP) is 2.20. The summed E-state index contributed by atoms with van der Waals surface area (Å²) in [5.41, 5.74) is 0.286. The summed E-state index contributed by atoms with van der Waals surface area (Å²) >= 11 is 3.46. The Kier molecular flexibility index (Phi) is 3.88. The second-order valence-corrected chi connectivity index (χ2v) is 7.47. The number of ether oxygens (including phenoxy) is 1. The fraction of sp³-hybridized carbons (Fsp3) is 0.667. The molecule has 116 valence electrons. The summed E-state index contributed by atoms with van der Waals surface area (Å²) in [7, 11) is 0. The predicted molar refractivity (Wildman–Crippen MR) is 82.3 cm³/mol. The fourth-order valence-electron chi connectivity index (χ4n) is 2.98. The molecule has 21 heavy (non-hydrogen) atoms. The summed E-state index contributed by atoms with van der Waals surface area (Å²) in [6, 6.07) is 2.34. The van der Waals surface area contributed by atoms with Crippen molar-refractivity contribution in [3.05, 3.63) is 22.4 Å². The lowest BCUT2D eigenvalue weighted by Crippen LogP contribution is -2.55. The van der Waals surface area contributed by atoms with E-state index in [1.54, 1.807) is 4.90 Å². The van der Waals surface area contributed by atoms with Crippen LogP contribution in [-0.2, 0) is 4.74 Å². The Morgan fingerprint density at radius 2 is 2.24 bits per heavy atom. The summed E-state index contributed by atoms with van der Waals surface area (Å²) in [5.74, 6) is 0.0161. The van der Waals surface area contributed by atoms with Gasteiger partial charge in [-0.05, 0) is 48.7 Å². The molecule has 2 heterocycles. The van der Waals surface area contributed by atoms with Crippen molar-refractivity contribution in [3.8, 4) is 0 Å². The number of hydrogen-bond acceptors (Lipinski definition) is 3. The van der Waals surface area contributed by atoms with Gasteiger partial charge < -0.3 is 19.3 Å². The third kappa shape index (κ3) is 3.17.